The van der Waals surface area contributed by atoms with E-state index in [0.29, 0.717) is 19.0 Å². The van der Waals surface area contributed by atoms with Gasteiger partial charge in [0.1, 0.15) is 6.33 Å². The highest BCUT2D eigenvalue weighted by Crippen LogP contribution is 2.32. The lowest BCUT2D eigenvalue weighted by Crippen LogP contribution is -2.36. The van der Waals surface area contributed by atoms with Crippen LogP contribution in [0.5, 0.6) is 11.5 Å². The Morgan fingerprint density at radius 3 is 2.68 bits per heavy atom. The summed E-state index contributed by atoms with van der Waals surface area (Å²) >= 11 is 0. The first-order chi connectivity index (χ1) is 13.3. The Labute approximate surface area is 180 Å². The third-order valence-corrected chi connectivity index (χ3v) is 4.19. The summed E-state index contributed by atoms with van der Waals surface area (Å²) in [7, 11) is 1.73. The number of para-hydroxylation sites is 1. The maximum absolute atomic E-state index is 5.41. The van der Waals surface area contributed by atoms with Crippen LogP contribution in [0.1, 0.15) is 11.4 Å². The zero-order chi connectivity index (χ0) is 18.5. The Kier molecular flexibility index (Phi) is 6.69. The zero-order valence-electron chi connectivity index (χ0n) is 15.3. The van der Waals surface area contributed by atoms with Crippen LogP contribution in [0.25, 0.3) is 5.69 Å². The summed E-state index contributed by atoms with van der Waals surface area (Å²) in [6, 6.07) is 15.9. The van der Waals surface area contributed by atoms with Crippen molar-refractivity contribution in [2.45, 2.75) is 13.1 Å². The fourth-order valence-electron chi connectivity index (χ4n) is 2.80. The van der Waals surface area contributed by atoms with Gasteiger partial charge in [-0.3, -0.25) is 9.56 Å². The van der Waals surface area contributed by atoms with E-state index in [4.69, 9.17) is 9.47 Å². The van der Waals surface area contributed by atoms with Gasteiger partial charge in [-0.15, -0.1) is 34.2 Å². The summed E-state index contributed by atoms with van der Waals surface area (Å²) < 4.78 is 12.7. The molecule has 0 unspecified atom stereocenters. The van der Waals surface area contributed by atoms with E-state index in [1.165, 1.54) is 0 Å². The molecule has 4 rings (SSSR count). The van der Waals surface area contributed by atoms with Gasteiger partial charge >= 0.3 is 0 Å². The van der Waals surface area contributed by atoms with Crippen LogP contribution >= 0.6 is 24.0 Å². The van der Waals surface area contributed by atoms with Crippen molar-refractivity contribution in [2.75, 3.05) is 13.8 Å². The maximum Gasteiger partial charge on any atom is 0.231 e. The minimum absolute atomic E-state index is 0. The monoisotopic (exact) mass is 492 g/mol. The Bertz CT molecular complexity index is 945. The van der Waals surface area contributed by atoms with Crippen LogP contribution in [0.2, 0.25) is 0 Å². The number of rotatable bonds is 5. The van der Waals surface area contributed by atoms with Gasteiger partial charge in [0, 0.05) is 19.3 Å². The van der Waals surface area contributed by atoms with E-state index >= 15 is 0 Å². The molecule has 8 nitrogen and oxygen atoms in total. The highest BCUT2D eigenvalue weighted by atomic mass is 127. The standard InChI is InChI=1S/C19H20N6O2.HI/c1-20-19(21-10-14-7-8-16-17(9-14)27-13-26-16)22-11-18-24-23-12-25(18)15-5-3-2-4-6-15;/h2-9,12H,10-11,13H2,1H3,(H2,20,21,22);1H. The quantitative estimate of drug-likeness (QED) is 0.324. The minimum atomic E-state index is 0. The van der Waals surface area contributed by atoms with Gasteiger partial charge in [0.05, 0.1) is 6.54 Å². The van der Waals surface area contributed by atoms with Crippen molar-refractivity contribution in [3.05, 3.63) is 66.2 Å². The highest BCUT2D eigenvalue weighted by molar-refractivity contribution is 14.0. The number of aliphatic imine (C=N–C) groups is 1. The van der Waals surface area contributed by atoms with Gasteiger partial charge < -0.3 is 20.1 Å². The van der Waals surface area contributed by atoms with Crippen LogP contribution in [-0.2, 0) is 13.1 Å². The van der Waals surface area contributed by atoms with E-state index in [-0.39, 0.29) is 30.8 Å². The molecule has 9 heteroatoms. The molecular weight excluding hydrogens is 471 g/mol. The van der Waals surface area contributed by atoms with E-state index in [2.05, 4.69) is 25.8 Å². The molecule has 1 aromatic heterocycles. The lowest BCUT2D eigenvalue weighted by atomic mass is 10.2. The number of guanidine groups is 1. The zero-order valence-corrected chi connectivity index (χ0v) is 17.7. The summed E-state index contributed by atoms with van der Waals surface area (Å²) in [6.07, 6.45) is 1.70. The SMILES string of the molecule is CN=C(NCc1ccc2c(c1)OCO2)NCc1nncn1-c1ccccc1.I. The number of halogens is 1. The number of nitrogens with zero attached hydrogens (tertiary/aromatic N) is 4. The van der Waals surface area contributed by atoms with E-state index in [9.17, 15) is 0 Å². The maximum atomic E-state index is 5.41. The van der Waals surface area contributed by atoms with Crippen molar-refractivity contribution in [2.24, 2.45) is 4.99 Å². The molecule has 0 aliphatic carbocycles. The lowest BCUT2D eigenvalue weighted by molar-refractivity contribution is 0.174. The van der Waals surface area contributed by atoms with E-state index in [1.54, 1.807) is 13.4 Å². The van der Waals surface area contributed by atoms with Crippen LogP contribution in [0.4, 0.5) is 0 Å². The Morgan fingerprint density at radius 2 is 1.86 bits per heavy atom. The number of aromatic nitrogens is 3. The number of nitrogens with one attached hydrogen (secondary N) is 2. The first kappa shape index (κ1) is 19.9. The van der Waals surface area contributed by atoms with Crippen LogP contribution in [-0.4, -0.2) is 34.6 Å². The Balaban J connectivity index is 0.00000225. The Hall–Kier alpha value is -2.82. The summed E-state index contributed by atoms with van der Waals surface area (Å²) in [5.74, 6) is 3.03. The van der Waals surface area contributed by atoms with E-state index in [0.717, 1.165) is 28.6 Å². The number of fused-ring (bicyclic) bond motifs is 1. The molecular formula is C19H21IN6O2. The molecule has 0 atom stereocenters. The summed E-state index contributed by atoms with van der Waals surface area (Å²) in [4.78, 5) is 4.26. The van der Waals surface area contributed by atoms with Gasteiger partial charge in [-0.05, 0) is 29.8 Å². The lowest BCUT2D eigenvalue weighted by Gasteiger charge is -2.12. The fraction of sp³-hybridized carbons (Fsp3) is 0.211. The molecule has 1 aliphatic rings. The molecule has 2 aromatic carbocycles. The third kappa shape index (κ3) is 4.53. The van der Waals surface area contributed by atoms with Gasteiger partial charge in [0.15, 0.2) is 23.3 Å². The molecule has 0 bridgehead atoms. The summed E-state index contributed by atoms with van der Waals surface area (Å²) in [5.41, 5.74) is 2.09. The van der Waals surface area contributed by atoms with Gasteiger partial charge in [-0.1, -0.05) is 24.3 Å². The normalized spacial score (nSPS) is 12.4. The molecule has 1 aliphatic heterocycles. The first-order valence-corrected chi connectivity index (χ1v) is 8.61. The fourth-order valence-corrected chi connectivity index (χ4v) is 2.80. The predicted octanol–water partition coefficient (Wildman–Crippen LogP) is 2.48. The van der Waals surface area contributed by atoms with Crippen molar-refractivity contribution >= 4 is 29.9 Å². The van der Waals surface area contributed by atoms with Crippen molar-refractivity contribution in [1.29, 1.82) is 0 Å². The smallest absolute Gasteiger partial charge is 0.231 e. The molecule has 3 aromatic rings. The average Bonchev–Trinajstić information content (AvgIpc) is 3.37. The number of hydrogen-bond acceptors (Lipinski definition) is 5. The second-order valence-electron chi connectivity index (χ2n) is 5.92. The van der Waals surface area contributed by atoms with Crippen molar-refractivity contribution < 1.29 is 9.47 Å². The molecule has 0 saturated carbocycles. The average molecular weight is 492 g/mol. The molecule has 0 amide bonds. The minimum Gasteiger partial charge on any atom is -0.454 e. The predicted molar refractivity (Wildman–Crippen MR) is 116 cm³/mol. The highest BCUT2D eigenvalue weighted by Gasteiger charge is 2.13. The third-order valence-electron chi connectivity index (χ3n) is 4.19. The summed E-state index contributed by atoms with van der Waals surface area (Å²) in [5, 5.41) is 14.8. The first-order valence-electron chi connectivity index (χ1n) is 8.61. The number of hydrogen-bond donors (Lipinski definition) is 2. The van der Waals surface area contributed by atoms with Crippen LogP contribution in [0.15, 0.2) is 59.9 Å². The molecule has 0 spiro atoms. The molecule has 146 valence electrons. The molecule has 2 heterocycles. The number of benzene rings is 2. The van der Waals surface area contributed by atoms with Gasteiger partial charge in [0.25, 0.3) is 0 Å². The molecule has 28 heavy (non-hydrogen) atoms. The second-order valence-corrected chi connectivity index (χ2v) is 5.92. The van der Waals surface area contributed by atoms with Gasteiger partial charge in [0.2, 0.25) is 6.79 Å². The Morgan fingerprint density at radius 1 is 1.07 bits per heavy atom. The summed E-state index contributed by atoms with van der Waals surface area (Å²) in [6.45, 7) is 1.38. The molecule has 0 radical (unpaired) electrons. The van der Waals surface area contributed by atoms with Crippen molar-refractivity contribution in [3.63, 3.8) is 0 Å². The topological polar surface area (TPSA) is 85.6 Å². The van der Waals surface area contributed by atoms with Crippen LogP contribution in [0, 0.1) is 0 Å². The van der Waals surface area contributed by atoms with E-state index < -0.39 is 0 Å². The molecule has 0 fully saturated rings. The van der Waals surface area contributed by atoms with Crippen molar-refractivity contribution in [1.82, 2.24) is 25.4 Å². The van der Waals surface area contributed by atoms with Crippen LogP contribution in [0.3, 0.4) is 0 Å². The number of ether oxygens (including phenoxy) is 2. The molecule has 0 saturated heterocycles. The largest absolute Gasteiger partial charge is 0.454 e. The second kappa shape index (κ2) is 9.40. The van der Waals surface area contributed by atoms with Crippen LogP contribution < -0.4 is 20.1 Å². The van der Waals surface area contributed by atoms with Gasteiger partial charge in [-0.25, -0.2) is 0 Å². The van der Waals surface area contributed by atoms with E-state index in [1.807, 2.05) is 53.1 Å². The van der Waals surface area contributed by atoms with Gasteiger partial charge in [-0.2, -0.15) is 0 Å². The van der Waals surface area contributed by atoms with Crippen molar-refractivity contribution in [3.8, 4) is 17.2 Å². The molecule has 2 N–H and O–H groups in total.